The highest BCUT2D eigenvalue weighted by atomic mass is 16.3. The summed E-state index contributed by atoms with van der Waals surface area (Å²) in [5.41, 5.74) is 0.552. The van der Waals surface area contributed by atoms with Crippen molar-refractivity contribution in [3.63, 3.8) is 0 Å². The van der Waals surface area contributed by atoms with Gasteiger partial charge in [0.2, 0.25) is 0 Å². The lowest BCUT2D eigenvalue weighted by Crippen LogP contribution is -2.47. The molecule has 0 aromatic rings. The van der Waals surface area contributed by atoms with E-state index in [9.17, 15) is 19.8 Å². The zero-order chi connectivity index (χ0) is 22.2. The first-order valence-corrected chi connectivity index (χ1v) is 11.7. The minimum Gasteiger partial charge on any atom is -0.511 e. The fraction of sp³-hybridized carbons (Fsp3) is 0.760. The molecule has 0 radical (unpaired) electrons. The van der Waals surface area contributed by atoms with Gasteiger partial charge in [-0.15, -0.1) is 0 Å². The molecule has 5 nitrogen and oxygen atoms in total. The van der Waals surface area contributed by atoms with Gasteiger partial charge < -0.3 is 15.1 Å². The lowest BCUT2D eigenvalue weighted by Gasteiger charge is -2.53. The van der Waals surface area contributed by atoms with Gasteiger partial charge in [0, 0.05) is 12.5 Å². The molecule has 1 amide bonds. The van der Waals surface area contributed by atoms with Gasteiger partial charge in [0.1, 0.15) is 17.4 Å². The molecule has 168 valence electrons. The number of rotatable bonds is 6. The summed E-state index contributed by atoms with van der Waals surface area (Å²) in [5, 5.41) is 21.3. The average Bonchev–Trinajstić information content (AvgIpc) is 2.91. The molecule has 2 fully saturated rings. The first-order valence-electron chi connectivity index (χ1n) is 11.7. The van der Waals surface area contributed by atoms with E-state index >= 15 is 0 Å². The zero-order valence-corrected chi connectivity index (χ0v) is 19.3. The highest BCUT2D eigenvalue weighted by molar-refractivity contribution is 6.26. The van der Waals surface area contributed by atoms with E-state index in [1.807, 2.05) is 0 Å². The number of amides is 1. The van der Waals surface area contributed by atoms with E-state index < -0.39 is 29.8 Å². The number of hydrogen-bond donors (Lipinski definition) is 2. The van der Waals surface area contributed by atoms with Crippen LogP contribution in [0.25, 0.3) is 0 Å². The second-order valence-corrected chi connectivity index (χ2v) is 10.1. The van der Waals surface area contributed by atoms with Gasteiger partial charge in [-0.1, -0.05) is 58.1 Å². The number of Topliss-reactive ketones (excluding diaryl/α,β-unsaturated/α-hetero) is 1. The van der Waals surface area contributed by atoms with Crippen molar-refractivity contribution in [2.45, 2.75) is 78.7 Å². The van der Waals surface area contributed by atoms with E-state index in [1.165, 1.54) is 17.5 Å². The zero-order valence-electron chi connectivity index (χ0n) is 19.3. The Hall–Kier alpha value is -1.62. The molecule has 1 heterocycles. The van der Waals surface area contributed by atoms with Crippen molar-refractivity contribution in [3.05, 3.63) is 23.0 Å². The van der Waals surface area contributed by atoms with E-state index in [1.54, 1.807) is 0 Å². The van der Waals surface area contributed by atoms with Crippen LogP contribution in [-0.2, 0) is 9.59 Å². The minimum absolute atomic E-state index is 0.0289. The van der Waals surface area contributed by atoms with Crippen molar-refractivity contribution in [2.75, 3.05) is 13.7 Å². The van der Waals surface area contributed by atoms with Gasteiger partial charge in [0.25, 0.3) is 5.91 Å². The molecule has 0 bridgehead atoms. The van der Waals surface area contributed by atoms with Crippen molar-refractivity contribution < 1.29 is 19.8 Å². The molecule has 1 saturated heterocycles. The monoisotopic (exact) mass is 417 g/mol. The molecule has 6 atom stereocenters. The SMILES string of the molecule is CCCCC[C@@H]1C(C)=C[C@@H]2C[C@H](C)CC[C@H]2[C@]1(C)/C(O)=C1\C(=O)[C@H](CO)N(C)C1=O. The van der Waals surface area contributed by atoms with Gasteiger partial charge in [0.15, 0.2) is 5.78 Å². The van der Waals surface area contributed by atoms with E-state index in [0.717, 1.165) is 44.9 Å². The van der Waals surface area contributed by atoms with Crippen LogP contribution >= 0.6 is 0 Å². The fourth-order valence-corrected chi connectivity index (χ4v) is 6.46. The maximum absolute atomic E-state index is 13.0. The predicted octanol–water partition coefficient (Wildman–Crippen LogP) is 4.42. The quantitative estimate of drug-likeness (QED) is 0.221. The van der Waals surface area contributed by atoms with E-state index in [4.69, 9.17) is 0 Å². The van der Waals surface area contributed by atoms with Crippen molar-refractivity contribution in [1.82, 2.24) is 4.90 Å². The highest BCUT2D eigenvalue weighted by Crippen LogP contribution is 2.58. The van der Waals surface area contributed by atoms with Gasteiger partial charge in [0.05, 0.1) is 6.61 Å². The molecular formula is C25H39NO4. The molecule has 5 heteroatoms. The van der Waals surface area contributed by atoms with Crippen LogP contribution in [0, 0.1) is 29.1 Å². The van der Waals surface area contributed by atoms with Crippen LogP contribution in [0.4, 0.5) is 0 Å². The van der Waals surface area contributed by atoms with Crippen LogP contribution in [0.3, 0.4) is 0 Å². The van der Waals surface area contributed by atoms with Crippen LogP contribution in [0.5, 0.6) is 0 Å². The molecule has 2 aliphatic carbocycles. The molecule has 3 aliphatic rings. The molecule has 30 heavy (non-hydrogen) atoms. The highest BCUT2D eigenvalue weighted by Gasteiger charge is 2.55. The Morgan fingerprint density at radius 3 is 2.57 bits per heavy atom. The van der Waals surface area contributed by atoms with E-state index in [-0.39, 0.29) is 23.2 Å². The third-order valence-corrected chi connectivity index (χ3v) is 8.25. The topological polar surface area (TPSA) is 77.8 Å². The second-order valence-electron chi connectivity index (χ2n) is 10.1. The maximum atomic E-state index is 13.0. The molecular weight excluding hydrogens is 378 g/mol. The van der Waals surface area contributed by atoms with Crippen LogP contribution in [0.15, 0.2) is 23.0 Å². The lowest BCUT2D eigenvalue weighted by molar-refractivity contribution is -0.126. The molecule has 1 saturated carbocycles. The fourth-order valence-electron chi connectivity index (χ4n) is 6.46. The molecule has 0 unspecified atom stereocenters. The Morgan fingerprint density at radius 2 is 1.97 bits per heavy atom. The molecule has 0 aromatic carbocycles. The molecule has 3 rings (SSSR count). The summed E-state index contributed by atoms with van der Waals surface area (Å²) < 4.78 is 0. The summed E-state index contributed by atoms with van der Waals surface area (Å²) in [6.07, 6.45) is 9.88. The largest absolute Gasteiger partial charge is 0.511 e. The van der Waals surface area contributed by atoms with Crippen LogP contribution in [0.1, 0.15) is 72.6 Å². The van der Waals surface area contributed by atoms with Crippen molar-refractivity contribution >= 4 is 11.7 Å². The van der Waals surface area contributed by atoms with Gasteiger partial charge in [-0.3, -0.25) is 9.59 Å². The van der Waals surface area contributed by atoms with Gasteiger partial charge in [-0.05, 0) is 49.9 Å². The van der Waals surface area contributed by atoms with E-state index in [0.29, 0.717) is 11.8 Å². The summed E-state index contributed by atoms with van der Waals surface area (Å²) >= 11 is 0. The molecule has 2 N–H and O–H groups in total. The number of fused-ring (bicyclic) bond motifs is 1. The average molecular weight is 418 g/mol. The number of aliphatic hydroxyl groups excluding tert-OH is 2. The number of aliphatic hydroxyl groups is 2. The number of nitrogens with zero attached hydrogens (tertiary/aromatic N) is 1. The number of carbonyl (C=O) groups excluding carboxylic acids is 2. The maximum Gasteiger partial charge on any atom is 0.261 e. The summed E-state index contributed by atoms with van der Waals surface area (Å²) in [6.45, 7) is 8.29. The Balaban J connectivity index is 2.11. The number of likely N-dealkylation sites (N-methyl/N-ethyl adjacent to an activating group) is 1. The minimum atomic E-state index is -0.890. The standard InChI is InChI=1S/C25H39NO4/c1-6-7-8-9-18-16(3)13-17-12-15(2)10-11-19(17)25(18,4)23(29)21-22(28)20(14-27)26(5)24(21)30/h13,15,17-20,27,29H,6-12,14H2,1-5H3/b23-21-/t15-,17+,18-,19-,20+,25-/m1/s1. The van der Waals surface area contributed by atoms with E-state index in [2.05, 4.69) is 33.8 Å². The first kappa shape index (κ1) is 23.1. The second kappa shape index (κ2) is 8.86. The van der Waals surface area contributed by atoms with Crippen LogP contribution < -0.4 is 0 Å². The van der Waals surface area contributed by atoms with Gasteiger partial charge >= 0.3 is 0 Å². The Bertz CT molecular complexity index is 754. The Morgan fingerprint density at radius 1 is 1.27 bits per heavy atom. The van der Waals surface area contributed by atoms with Crippen molar-refractivity contribution in [3.8, 4) is 0 Å². The van der Waals surface area contributed by atoms with Crippen molar-refractivity contribution in [1.29, 1.82) is 0 Å². The summed E-state index contributed by atoms with van der Waals surface area (Å²) in [4.78, 5) is 27.2. The summed E-state index contributed by atoms with van der Waals surface area (Å²) in [6, 6.07) is -0.890. The number of ketones is 1. The smallest absolute Gasteiger partial charge is 0.261 e. The number of hydrogen-bond acceptors (Lipinski definition) is 4. The van der Waals surface area contributed by atoms with Gasteiger partial charge in [-0.2, -0.15) is 0 Å². The summed E-state index contributed by atoms with van der Waals surface area (Å²) in [7, 11) is 1.53. The lowest BCUT2D eigenvalue weighted by atomic mass is 9.51. The molecule has 0 spiro atoms. The third-order valence-electron chi connectivity index (χ3n) is 8.25. The first-order chi connectivity index (χ1) is 14.2. The normalized spacial score (nSPS) is 38.5. The number of carbonyl (C=O) groups is 2. The van der Waals surface area contributed by atoms with Crippen molar-refractivity contribution in [2.24, 2.45) is 29.1 Å². The third kappa shape index (κ3) is 3.63. The van der Waals surface area contributed by atoms with Crippen LogP contribution in [-0.4, -0.2) is 46.5 Å². The summed E-state index contributed by atoms with van der Waals surface area (Å²) in [5.74, 6) is 0.411. The Kier molecular flexibility index (Phi) is 6.81. The predicted molar refractivity (Wildman–Crippen MR) is 118 cm³/mol. The number of allylic oxidation sites excluding steroid dienone is 3. The number of unbranched alkanes of at least 4 members (excludes halogenated alkanes) is 2. The van der Waals surface area contributed by atoms with Crippen LogP contribution in [0.2, 0.25) is 0 Å². The van der Waals surface area contributed by atoms with Gasteiger partial charge in [-0.25, -0.2) is 0 Å². The molecule has 1 aliphatic heterocycles. The molecule has 0 aromatic heterocycles. The number of likely N-dealkylation sites (tertiary alicyclic amines) is 1. The Labute approximate surface area is 181 Å².